The van der Waals surface area contributed by atoms with Crippen LogP contribution in [0.25, 0.3) is 5.69 Å². The van der Waals surface area contributed by atoms with Crippen LogP contribution in [0.4, 0.5) is 4.39 Å². The Morgan fingerprint density at radius 1 is 1.00 bits per heavy atom. The van der Waals surface area contributed by atoms with Crippen molar-refractivity contribution < 1.29 is 9.18 Å². The Bertz CT molecular complexity index is 812. The number of aromatic nitrogens is 2. The number of halogens is 1. The molecule has 4 nitrogen and oxygen atoms in total. The highest BCUT2D eigenvalue weighted by Crippen LogP contribution is 2.09. The average Bonchev–Trinajstić information content (AvgIpc) is 3.11. The first-order chi connectivity index (χ1) is 12.2. The maximum atomic E-state index is 12.8. The number of hydrogen-bond donors (Lipinski definition) is 1. The van der Waals surface area contributed by atoms with Crippen molar-refractivity contribution in [2.45, 2.75) is 19.3 Å². The monoisotopic (exact) mass is 337 g/mol. The summed E-state index contributed by atoms with van der Waals surface area (Å²) < 4.78 is 14.6. The summed E-state index contributed by atoms with van der Waals surface area (Å²) >= 11 is 0. The Morgan fingerprint density at radius 2 is 1.76 bits per heavy atom. The Morgan fingerprint density at radius 3 is 2.52 bits per heavy atom. The SMILES string of the molecule is O=C(CCc1cnn(-c2ccccc2)c1)NCCc1ccc(F)cc1. The highest BCUT2D eigenvalue weighted by atomic mass is 19.1. The van der Waals surface area contributed by atoms with Gasteiger partial charge in [-0.3, -0.25) is 4.79 Å². The third-order valence-corrected chi connectivity index (χ3v) is 3.95. The third kappa shape index (κ3) is 5.01. The minimum atomic E-state index is -0.246. The van der Waals surface area contributed by atoms with Gasteiger partial charge in [0.15, 0.2) is 0 Å². The molecular weight excluding hydrogens is 317 g/mol. The standard InChI is InChI=1S/C20H20FN3O/c21-18-9-6-16(7-10-18)12-13-22-20(25)11-8-17-14-23-24(15-17)19-4-2-1-3-5-19/h1-7,9-10,14-15H,8,11-13H2,(H,22,25). The molecule has 0 bridgehead atoms. The van der Waals surface area contributed by atoms with Crippen LogP contribution in [0.3, 0.4) is 0 Å². The van der Waals surface area contributed by atoms with Gasteiger partial charge in [0.2, 0.25) is 5.91 Å². The van der Waals surface area contributed by atoms with Gasteiger partial charge in [-0.1, -0.05) is 30.3 Å². The van der Waals surface area contributed by atoms with Crippen molar-refractivity contribution >= 4 is 5.91 Å². The second kappa shape index (κ2) is 8.24. The Labute approximate surface area is 146 Å². The van der Waals surface area contributed by atoms with Crippen LogP contribution in [0.2, 0.25) is 0 Å². The molecule has 1 aromatic heterocycles. The lowest BCUT2D eigenvalue weighted by Gasteiger charge is -2.05. The quantitative estimate of drug-likeness (QED) is 0.719. The zero-order chi connectivity index (χ0) is 17.5. The molecule has 3 aromatic rings. The Kier molecular flexibility index (Phi) is 5.57. The topological polar surface area (TPSA) is 46.9 Å². The van der Waals surface area contributed by atoms with E-state index >= 15 is 0 Å². The van der Waals surface area contributed by atoms with Gasteiger partial charge < -0.3 is 5.32 Å². The lowest BCUT2D eigenvalue weighted by Crippen LogP contribution is -2.25. The summed E-state index contributed by atoms with van der Waals surface area (Å²) in [6, 6.07) is 16.2. The number of carbonyl (C=O) groups excluding carboxylic acids is 1. The van der Waals surface area contributed by atoms with Crippen LogP contribution in [0.15, 0.2) is 67.0 Å². The minimum Gasteiger partial charge on any atom is -0.356 e. The summed E-state index contributed by atoms with van der Waals surface area (Å²) in [5, 5.41) is 7.22. The van der Waals surface area contributed by atoms with Crippen LogP contribution in [0.5, 0.6) is 0 Å². The molecule has 0 unspecified atom stereocenters. The van der Waals surface area contributed by atoms with Gasteiger partial charge >= 0.3 is 0 Å². The van der Waals surface area contributed by atoms with E-state index in [0.29, 0.717) is 25.8 Å². The summed E-state index contributed by atoms with van der Waals surface area (Å²) in [7, 11) is 0. The summed E-state index contributed by atoms with van der Waals surface area (Å²) in [6.45, 7) is 0.549. The molecule has 1 N–H and O–H groups in total. The number of nitrogens with one attached hydrogen (secondary N) is 1. The first-order valence-electron chi connectivity index (χ1n) is 8.31. The van der Waals surface area contributed by atoms with Gasteiger partial charge in [-0.25, -0.2) is 9.07 Å². The van der Waals surface area contributed by atoms with E-state index in [1.165, 1.54) is 12.1 Å². The third-order valence-electron chi connectivity index (χ3n) is 3.95. The highest BCUT2D eigenvalue weighted by molar-refractivity contribution is 5.76. The largest absolute Gasteiger partial charge is 0.356 e. The van der Waals surface area contributed by atoms with Crippen LogP contribution in [-0.2, 0) is 17.6 Å². The van der Waals surface area contributed by atoms with Crippen molar-refractivity contribution in [3.63, 3.8) is 0 Å². The maximum absolute atomic E-state index is 12.8. The molecule has 1 heterocycles. The number of nitrogens with zero attached hydrogens (tertiary/aromatic N) is 2. The van der Waals surface area contributed by atoms with Crippen molar-refractivity contribution in [1.82, 2.24) is 15.1 Å². The van der Waals surface area contributed by atoms with E-state index < -0.39 is 0 Å². The second-order valence-electron chi connectivity index (χ2n) is 5.86. The molecule has 0 atom stereocenters. The molecule has 0 saturated heterocycles. The number of aryl methyl sites for hydroxylation is 1. The second-order valence-corrected chi connectivity index (χ2v) is 5.86. The molecule has 3 rings (SSSR count). The number of carbonyl (C=O) groups is 1. The summed E-state index contributed by atoms with van der Waals surface area (Å²) in [6.07, 6.45) is 5.50. The molecule has 0 spiro atoms. The van der Waals surface area contributed by atoms with Crippen LogP contribution < -0.4 is 5.32 Å². The van der Waals surface area contributed by atoms with Gasteiger partial charge in [0.25, 0.3) is 0 Å². The van der Waals surface area contributed by atoms with E-state index in [9.17, 15) is 9.18 Å². The minimum absolute atomic E-state index is 0.00886. The van der Waals surface area contributed by atoms with Gasteiger partial charge in [0.1, 0.15) is 5.82 Å². The Balaban J connectivity index is 1.42. The van der Waals surface area contributed by atoms with Crippen LogP contribution >= 0.6 is 0 Å². The van der Waals surface area contributed by atoms with Gasteiger partial charge in [0, 0.05) is 19.2 Å². The van der Waals surface area contributed by atoms with Gasteiger partial charge in [-0.2, -0.15) is 5.10 Å². The summed E-state index contributed by atoms with van der Waals surface area (Å²) in [4.78, 5) is 11.9. The molecular formula is C20H20FN3O. The van der Waals surface area contributed by atoms with Crippen molar-refractivity contribution in [1.29, 1.82) is 0 Å². The fourth-order valence-electron chi connectivity index (χ4n) is 2.55. The molecule has 0 fully saturated rings. The normalized spacial score (nSPS) is 10.6. The van der Waals surface area contributed by atoms with Gasteiger partial charge in [-0.15, -0.1) is 0 Å². The van der Waals surface area contributed by atoms with Crippen LogP contribution in [0.1, 0.15) is 17.5 Å². The zero-order valence-corrected chi connectivity index (χ0v) is 13.9. The number of amides is 1. The molecule has 1 amide bonds. The predicted octanol–water partition coefficient (Wildman–Crippen LogP) is 3.30. The zero-order valence-electron chi connectivity index (χ0n) is 13.9. The summed E-state index contributed by atoms with van der Waals surface area (Å²) in [5.74, 6) is -0.238. The smallest absolute Gasteiger partial charge is 0.220 e. The van der Waals surface area contributed by atoms with Crippen molar-refractivity contribution in [3.05, 3.63) is 83.9 Å². The molecule has 2 aromatic carbocycles. The fraction of sp³-hybridized carbons (Fsp3) is 0.200. The van der Waals surface area contributed by atoms with E-state index in [1.54, 1.807) is 18.3 Å². The van der Waals surface area contributed by atoms with Crippen molar-refractivity contribution in [3.8, 4) is 5.69 Å². The van der Waals surface area contributed by atoms with Crippen molar-refractivity contribution in [2.24, 2.45) is 0 Å². The number of para-hydroxylation sites is 1. The molecule has 25 heavy (non-hydrogen) atoms. The van der Waals surface area contributed by atoms with Gasteiger partial charge in [0.05, 0.1) is 11.9 Å². The van der Waals surface area contributed by atoms with Crippen molar-refractivity contribution in [2.75, 3.05) is 6.54 Å². The lowest BCUT2D eigenvalue weighted by atomic mass is 10.1. The van der Waals surface area contributed by atoms with Crippen LogP contribution in [0, 0.1) is 5.82 Å². The number of benzene rings is 2. The Hall–Kier alpha value is -2.95. The average molecular weight is 337 g/mol. The molecule has 128 valence electrons. The molecule has 0 aliphatic heterocycles. The van der Waals surface area contributed by atoms with Gasteiger partial charge in [-0.05, 0) is 48.2 Å². The summed E-state index contributed by atoms with van der Waals surface area (Å²) in [5.41, 5.74) is 3.03. The van der Waals surface area contributed by atoms with E-state index in [4.69, 9.17) is 0 Å². The first-order valence-corrected chi connectivity index (χ1v) is 8.31. The van der Waals surface area contributed by atoms with E-state index in [0.717, 1.165) is 16.8 Å². The first kappa shape index (κ1) is 16.9. The maximum Gasteiger partial charge on any atom is 0.220 e. The molecule has 0 aliphatic rings. The number of hydrogen-bond acceptors (Lipinski definition) is 2. The van der Waals surface area contributed by atoms with E-state index in [-0.39, 0.29) is 11.7 Å². The highest BCUT2D eigenvalue weighted by Gasteiger charge is 2.05. The molecule has 0 radical (unpaired) electrons. The lowest BCUT2D eigenvalue weighted by molar-refractivity contribution is -0.121. The molecule has 0 aliphatic carbocycles. The van der Waals surface area contributed by atoms with Crippen LogP contribution in [-0.4, -0.2) is 22.2 Å². The number of rotatable bonds is 7. The molecule has 0 saturated carbocycles. The predicted molar refractivity (Wildman–Crippen MR) is 95.0 cm³/mol. The fourth-order valence-corrected chi connectivity index (χ4v) is 2.55. The van der Waals surface area contributed by atoms with E-state index in [1.807, 2.05) is 41.2 Å². The molecule has 5 heteroatoms. The van der Waals surface area contributed by atoms with E-state index in [2.05, 4.69) is 10.4 Å².